The average Bonchev–Trinajstić information content (AvgIpc) is 3.01. The number of fused-ring (bicyclic) bond motifs is 1. The minimum Gasteiger partial charge on any atom is -0.393 e. The molecule has 0 unspecified atom stereocenters. The predicted octanol–water partition coefficient (Wildman–Crippen LogP) is 3.14. The Balaban J connectivity index is 1.59. The van der Waals surface area contributed by atoms with Crippen molar-refractivity contribution >= 4 is 16.9 Å². The van der Waals surface area contributed by atoms with Crippen molar-refractivity contribution in [2.24, 2.45) is 0 Å². The topological polar surface area (TPSA) is 63.0 Å². The number of hydrogen-bond acceptors (Lipinski definition) is 4. The summed E-state index contributed by atoms with van der Waals surface area (Å²) in [7, 11) is 0. The van der Waals surface area contributed by atoms with Gasteiger partial charge in [0, 0.05) is 18.4 Å². The summed E-state index contributed by atoms with van der Waals surface area (Å²) in [4.78, 5) is 9.00. The van der Waals surface area contributed by atoms with Crippen LogP contribution in [0.25, 0.3) is 16.7 Å². The Kier molecular flexibility index (Phi) is 3.71. The molecule has 23 heavy (non-hydrogen) atoms. The SMILES string of the molecule is O[C@H]1CC[C@H](Nc2nccc(-n3ccc4ccccc43)n2)CC1. The van der Waals surface area contributed by atoms with Gasteiger partial charge in [-0.1, -0.05) is 18.2 Å². The number of nitrogens with zero attached hydrogens (tertiary/aromatic N) is 3. The Hall–Kier alpha value is -2.40. The summed E-state index contributed by atoms with van der Waals surface area (Å²) in [6, 6.07) is 12.6. The largest absolute Gasteiger partial charge is 0.393 e. The summed E-state index contributed by atoms with van der Waals surface area (Å²) >= 11 is 0. The zero-order chi connectivity index (χ0) is 15.6. The van der Waals surface area contributed by atoms with Crippen molar-refractivity contribution in [1.82, 2.24) is 14.5 Å². The molecule has 0 radical (unpaired) electrons. The second-order valence-electron chi connectivity index (χ2n) is 6.13. The third-order valence-electron chi connectivity index (χ3n) is 4.52. The monoisotopic (exact) mass is 308 g/mol. The van der Waals surface area contributed by atoms with E-state index in [4.69, 9.17) is 0 Å². The molecule has 2 heterocycles. The number of nitrogens with one attached hydrogen (secondary N) is 1. The second kappa shape index (κ2) is 6.01. The van der Waals surface area contributed by atoms with Gasteiger partial charge in [-0.05, 0) is 49.3 Å². The van der Waals surface area contributed by atoms with Gasteiger partial charge in [-0.25, -0.2) is 4.98 Å². The zero-order valence-electron chi connectivity index (χ0n) is 12.9. The van der Waals surface area contributed by atoms with Gasteiger partial charge in [-0.2, -0.15) is 4.98 Å². The van der Waals surface area contributed by atoms with Crippen LogP contribution in [-0.2, 0) is 0 Å². The first-order chi connectivity index (χ1) is 11.3. The molecule has 4 rings (SSSR count). The number of rotatable bonds is 3. The summed E-state index contributed by atoms with van der Waals surface area (Å²) < 4.78 is 2.08. The third-order valence-corrected chi connectivity index (χ3v) is 4.52. The van der Waals surface area contributed by atoms with Crippen LogP contribution in [0.15, 0.2) is 48.8 Å². The highest BCUT2D eigenvalue weighted by Gasteiger charge is 2.19. The molecular weight excluding hydrogens is 288 g/mol. The van der Waals surface area contributed by atoms with Crippen molar-refractivity contribution < 1.29 is 5.11 Å². The fraction of sp³-hybridized carbons (Fsp3) is 0.333. The number of hydrogen-bond donors (Lipinski definition) is 2. The van der Waals surface area contributed by atoms with Gasteiger partial charge in [-0.3, -0.25) is 0 Å². The highest BCUT2D eigenvalue weighted by Crippen LogP contribution is 2.22. The normalized spacial score (nSPS) is 21.4. The number of aromatic nitrogens is 3. The lowest BCUT2D eigenvalue weighted by Crippen LogP contribution is -2.29. The van der Waals surface area contributed by atoms with Crippen molar-refractivity contribution in [1.29, 1.82) is 0 Å². The molecule has 1 aliphatic rings. The van der Waals surface area contributed by atoms with E-state index < -0.39 is 0 Å². The summed E-state index contributed by atoms with van der Waals surface area (Å²) in [5, 5.41) is 14.2. The second-order valence-corrected chi connectivity index (χ2v) is 6.13. The van der Waals surface area contributed by atoms with Gasteiger partial charge in [0.25, 0.3) is 0 Å². The first kappa shape index (κ1) is 14.2. The number of aliphatic hydroxyl groups is 1. The van der Waals surface area contributed by atoms with E-state index in [0.29, 0.717) is 12.0 Å². The van der Waals surface area contributed by atoms with Crippen LogP contribution in [0.4, 0.5) is 5.95 Å². The molecule has 0 saturated heterocycles. The Morgan fingerprint density at radius 3 is 2.74 bits per heavy atom. The van der Waals surface area contributed by atoms with Gasteiger partial charge < -0.3 is 15.0 Å². The molecule has 0 atom stereocenters. The Morgan fingerprint density at radius 2 is 1.87 bits per heavy atom. The molecule has 2 aromatic heterocycles. The molecule has 1 fully saturated rings. The van der Waals surface area contributed by atoms with Crippen molar-refractivity contribution in [3.05, 3.63) is 48.8 Å². The molecule has 0 bridgehead atoms. The van der Waals surface area contributed by atoms with Crippen LogP contribution in [-0.4, -0.2) is 31.8 Å². The third kappa shape index (κ3) is 2.92. The smallest absolute Gasteiger partial charge is 0.224 e. The molecule has 1 aliphatic carbocycles. The van der Waals surface area contributed by atoms with Crippen LogP contribution >= 0.6 is 0 Å². The van der Waals surface area contributed by atoms with Crippen LogP contribution in [0, 0.1) is 0 Å². The van der Waals surface area contributed by atoms with Gasteiger partial charge in [-0.15, -0.1) is 0 Å². The molecule has 0 aliphatic heterocycles. The minimum atomic E-state index is -0.147. The minimum absolute atomic E-state index is 0.147. The summed E-state index contributed by atoms with van der Waals surface area (Å²) in [6.45, 7) is 0. The van der Waals surface area contributed by atoms with Crippen LogP contribution in [0.1, 0.15) is 25.7 Å². The Morgan fingerprint density at radius 1 is 1.04 bits per heavy atom. The molecule has 5 heteroatoms. The molecule has 118 valence electrons. The molecule has 2 N–H and O–H groups in total. The first-order valence-corrected chi connectivity index (χ1v) is 8.14. The Labute approximate surface area is 135 Å². The van der Waals surface area contributed by atoms with Crippen molar-refractivity contribution in [2.75, 3.05) is 5.32 Å². The fourth-order valence-corrected chi connectivity index (χ4v) is 3.24. The van der Waals surface area contributed by atoms with Crippen LogP contribution < -0.4 is 5.32 Å². The van der Waals surface area contributed by atoms with Crippen molar-refractivity contribution in [3.63, 3.8) is 0 Å². The van der Waals surface area contributed by atoms with E-state index in [1.165, 1.54) is 5.39 Å². The van der Waals surface area contributed by atoms with E-state index in [-0.39, 0.29) is 6.10 Å². The standard InChI is InChI=1S/C18H20N4O/c23-15-7-5-14(6-8-15)20-18-19-11-9-17(21-18)22-12-10-13-3-1-2-4-16(13)22/h1-4,9-12,14-15,23H,5-8H2,(H,19,20,21)/t14-,15-. The van der Waals surface area contributed by atoms with E-state index >= 15 is 0 Å². The molecule has 0 amide bonds. The Bertz CT molecular complexity index is 805. The summed E-state index contributed by atoms with van der Waals surface area (Å²) in [5.74, 6) is 1.52. The lowest BCUT2D eigenvalue weighted by atomic mass is 9.93. The number of benzene rings is 1. The maximum absolute atomic E-state index is 9.60. The fourth-order valence-electron chi connectivity index (χ4n) is 3.24. The van der Waals surface area contributed by atoms with Crippen LogP contribution in [0.5, 0.6) is 0 Å². The molecular formula is C18H20N4O. The summed E-state index contributed by atoms with van der Waals surface area (Å²) in [6.07, 6.45) is 7.29. The molecule has 0 spiro atoms. The van der Waals surface area contributed by atoms with Gasteiger partial charge in [0.1, 0.15) is 5.82 Å². The molecule has 5 nitrogen and oxygen atoms in total. The van der Waals surface area contributed by atoms with Gasteiger partial charge in [0.2, 0.25) is 5.95 Å². The van der Waals surface area contributed by atoms with E-state index in [1.807, 2.05) is 24.4 Å². The van der Waals surface area contributed by atoms with E-state index in [1.54, 1.807) is 6.20 Å². The van der Waals surface area contributed by atoms with Crippen molar-refractivity contribution in [2.45, 2.75) is 37.8 Å². The predicted molar refractivity (Wildman–Crippen MR) is 90.8 cm³/mol. The maximum Gasteiger partial charge on any atom is 0.224 e. The molecule has 1 aromatic carbocycles. The molecule has 3 aromatic rings. The molecule has 1 saturated carbocycles. The number of aliphatic hydroxyl groups excluding tert-OH is 1. The number of para-hydroxylation sites is 1. The highest BCUT2D eigenvalue weighted by molar-refractivity contribution is 5.81. The van der Waals surface area contributed by atoms with E-state index in [2.05, 4.69) is 38.1 Å². The highest BCUT2D eigenvalue weighted by atomic mass is 16.3. The van der Waals surface area contributed by atoms with Gasteiger partial charge >= 0.3 is 0 Å². The van der Waals surface area contributed by atoms with E-state index in [0.717, 1.165) is 37.0 Å². The average molecular weight is 308 g/mol. The van der Waals surface area contributed by atoms with Crippen LogP contribution in [0.3, 0.4) is 0 Å². The number of anilines is 1. The van der Waals surface area contributed by atoms with Crippen LogP contribution in [0.2, 0.25) is 0 Å². The summed E-state index contributed by atoms with van der Waals surface area (Å²) in [5.41, 5.74) is 1.14. The zero-order valence-corrected chi connectivity index (χ0v) is 12.9. The van der Waals surface area contributed by atoms with Gasteiger partial charge in [0.15, 0.2) is 0 Å². The first-order valence-electron chi connectivity index (χ1n) is 8.14. The van der Waals surface area contributed by atoms with Gasteiger partial charge in [0.05, 0.1) is 11.6 Å². The van der Waals surface area contributed by atoms with Crippen molar-refractivity contribution in [3.8, 4) is 5.82 Å². The quantitative estimate of drug-likeness (QED) is 0.780. The lowest BCUT2D eigenvalue weighted by Gasteiger charge is -2.26. The lowest BCUT2D eigenvalue weighted by molar-refractivity contribution is 0.126. The maximum atomic E-state index is 9.60. The van der Waals surface area contributed by atoms with E-state index in [9.17, 15) is 5.11 Å².